The number of rotatable bonds is 8. The molecule has 1 saturated heterocycles. The summed E-state index contributed by atoms with van der Waals surface area (Å²) in [4.78, 5) is 18.4. The lowest BCUT2D eigenvalue weighted by Gasteiger charge is -2.34. The lowest BCUT2D eigenvalue weighted by Crippen LogP contribution is -2.45. The smallest absolute Gasteiger partial charge is 0.220 e. The molecule has 0 radical (unpaired) electrons. The van der Waals surface area contributed by atoms with Crippen LogP contribution in [0.1, 0.15) is 36.0 Å². The number of aliphatic imine (C=N–C) groups is 1. The molecule has 2 N–H and O–H groups in total. The zero-order valence-corrected chi connectivity index (χ0v) is 18.6. The van der Waals surface area contributed by atoms with Crippen molar-refractivity contribution < 1.29 is 9.53 Å². The summed E-state index contributed by atoms with van der Waals surface area (Å²) in [6, 6.07) is 18.7. The van der Waals surface area contributed by atoms with Crippen LogP contribution in [0.3, 0.4) is 0 Å². The van der Waals surface area contributed by atoms with E-state index in [0.29, 0.717) is 25.6 Å². The number of ether oxygens (including phenoxy) is 1. The minimum absolute atomic E-state index is 0.133. The summed E-state index contributed by atoms with van der Waals surface area (Å²) in [5, 5.41) is 6.21. The van der Waals surface area contributed by atoms with Gasteiger partial charge in [0, 0.05) is 40.2 Å². The Morgan fingerprint density at radius 2 is 1.71 bits per heavy atom. The average Bonchev–Trinajstić information content (AvgIpc) is 2.81. The molecule has 0 atom stereocenters. The van der Waals surface area contributed by atoms with Gasteiger partial charge in [-0.25, -0.2) is 0 Å². The molecule has 6 heteroatoms. The van der Waals surface area contributed by atoms with Gasteiger partial charge >= 0.3 is 0 Å². The molecule has 2 aromatic rings. The number of amides is 1. The van der Waals surface area contributed by atoms with Gasteiger partial charge in [-0.05, 0) is 35.4 Å². The fourth-order valence-corrected chi connectivity index (χ4v) is 3.92. The molecule has 0 aliphatic carbocycles. The molecular weight excluding hydrogens is 388 g/mol. The molecule has 166 valence electrons. The van der Waals surface area contributed by atoms with Crippen LogP contribution >= 0.6 is 0 Å². The topological polar surface area (TPSA) is 66.0 Å². The van der Waals surface area contributed by atoms with Gasteiger partial charge in [0.2, 0.25) is 5.91 Å². The van der Waals surface area contributed by atoms with Crippen molar-refractivity contribution in [3.05, 3.63) is 71.3 Å². The normalized spacial score (nSPS) is 15.0. The first kappa shape index (κ1) is 22.8. The predicted octanol–water partition coefficient (Wildman–Crippen LogP) is 3.33. The third-order valence-corrected chi connectivity index (χ3v) is 5.70. The molecule has 3 rings (SSSR count). The highest BCUT2D eigenvalue weighted by Crippen LogP contribution is 2.20. The van der Waals surface area contributed by atoms with Crippen molar-refractivity contribution in [3.63, 3.8) is 0 Å². The van der Waals surface area contributed by atoms with Crippen LogP contribution in [0.5, 0.6) is 0 Å². The first-order chi connectivity index (χ1) is 15.2. The maximum Gasteiger partial charge on any atom is 0.220 e. The van der Waals surface area contributed by atoms with E-state index in [1.54, 1.807) is 7.05 Å². The lowest BCUT2D eigenvalue weighted by molar-refractivity contribution is -0.121. The lowest BCUT2D eigenvalue weighted by atomic mass is 9.93. The van der Waals surface area contributed by atoms with Crippen LogP contribution in [0.25, 0.3) is 0 Å². The second-order valence-electron chi connectivity index (χ2n) is 8.01. The Labute approximate surface area is 185 Å². The quantitative estimate of drug-likeness (QED) is 0.506. The Hall–Kier alpha value is -2.86. The van der Waals surface area contributed by atoms with Crippen LogP contribution in [-0.2, 0) is 29.3 Å². The number of nitrogens with zero attached hydrogens (tertiary/aromatic N) is 2. The monoisotopic (exact) mass is 422 g/mol. The molecule has 0 aromatic heterocycles. The minimum Gasteiger partial charge on any atom is -0.372 e. The van der Waals surface area contributed by atoms with Gasteiger partial charge in [-0.15, -0.1) is 0 Å². The van der Waals surface area contributed by atoms with Gasteiger partial charge in [0.25, 0.3) is 0 Å². The van der Waals surface area contributed by atoms with E-state index >= 15 is 0 Å². The number of hydrogen-bond donors (Lipinski definition) is 2. The molecule has 1 heterocycles. The van der Waals surface area contributed by atoms with Gasteiger partial charge in [0.15, 0.2) is 5.96 Å². The third-order valence-electron chi connectivity index (χ3n) is 5.70. The minimum atomic E-state index is 0.133. The molecule has 31 heavy (non-hydrogen) atoms. The highest BCUT2D eigenvalue weighted by molar-refractivity contribution is 5.80. The SMILES string of the molecule is CN=C(NCc1cccc(COCc2ccccc2)c1)N1CCC(CC(=O)NC)CC1. The van der Waals surface area contributed by atoms with Crippen LogP contribution in [0.2, 0.25) is 0 Å². The Morgan fingerprint density at radius 1 is 1.03 bits per heavy atom. The first-order valence-electron chi connectivity index (χ1n) is 11.0. The molecule has 0 saturated carbocycles. The van der Waals surface area contributed by atoms with Gasteiger partial charge < -0.3 is 20.3 Å². The standard InChI is InChI=1S/C25H34N4O2/c1-26-24(30)16-20-11-13-29(14-12-20)25(27-2)28-17-22-9-6-10-23(15-22)19-31-18-21-7-4-3-5-8-21/h3-10,15,20H,11-14,16-19H2,1-2H3,(H,26,30)(H,27,28). The summed E-state index contributed by atoms with van der Waals surface area (Å²) in [5.41, 5.74) is 3.56. The highest BCUT2D eigenvalue weighted by Gasteiger charge is 2.23. The fraction of sp³-hybridized carbons (Fsp3) is 0.440. The van der Waals surface area contributed by atoms with Crippen LogP contribution in [0.15, 0.2) is 59.6 Å². The maximum absolute atomic E-state index is 11.6. The van der Waals surface area contributed by atoms with E-state index in [2.05, 4.69) is 56.9 Å². The second kappa shape index (κ2) is 12.1. The summed E-state index contributed by atoms with van der Waals surface area (Å²) in [7, 11) is 3.53. The summed E-state index contributed by atoms with van der Waals surface area (Å²) < 4.78 is 5.87. The Bertz CT molecular complexity index is 846. The van der Waals surface area contributed by atoms with E-state index in [-0.39, 0.29) is 5.91 Å². The molecule has 1 amide bonds. The highest BCUT2D eigenvalue weighted by atomic mass is 16.5. The number of hydrogen-bond acceptors (Lipinski definition) is 3. The van der Waals surface area contributed by atoms with Crippen molar-refractivity contribution in [2.45, 2.75) is 39.0 Å². The number of nitrogens with one attached hydrogen (secondary N) is 2. The van der Waals surface area contributed by atoms with E-state index < -0.39 is 0 Å². The predicted molar refractivity (Wildman–Crippen MR) is 125 cm³/mol. The largest absolute Gasteiger partial charge is 0.372 e. The zero-order chi connectivity index (χ0) is 21.9. The number of piperidine rings is 1. The van der Waals surface area contributed by atoms with Gasteiger partial charge in [0.05, 0.1) is 13.2 Å². The number of carbonyl (C=O) groups is 1. The average molecular weight is 423 g/mol. The summed E-state index contributed by atoms with van der Waals surface area (Å²) in [6.45, 7) is 3.78. The summed E-state index contributed by atoms with van der Waals surface area (Å²) in [5.74, 6) is 1.51. The summed E-state index contributed by atoms with van der Waals surface area (Å²) in [6.07, 6.45) is 2.65. The van der Waals surface area contributed by atoms with E-state index in [0.717, 1.165) is 38.4 Å². The second-order valence-corrected chi connectivity index (χ2v) is 8.01. The van der Waals surface area contributed by atoms with E-state index in [1.165, 1.54) is 16.7 Å². The Balaban J connectivity index is 1.44. The van der Waals surface area contributed by atoms with Gasteiger partial charge in [-0.1, -0.05) is 54.6 Å². The molecule has 0 unspecified atom stereocenters. The number of guanidine groups is 1. The molecule has 2 aromatic carbocycles. The van der Waals surface area contributed by atoms with E-state index in [1.807, 2.05) is 25.2 Å². The molecule has 1 aliphatic rings. The molecule has 1 aliphatic heterocycles. The van der Waals surface area contributed by atoms with Crippen molar-refractivity contribution in [2.24, 2.45) is 10.9 Å². The molecular formula is C25H34N4O2. The fourth-order valence-electron chi connectivity index (χ4n) is 3.92. The Morgan fingerprint density at radius 3 is 2.42 bits per heavy atom. The zero-order valence-electron chi connectivity index (χ0n) is 18.6. The van der Waals surface area contributed by atoms with E-state index in [4.69, 9.17) is 4.74 Å². The van der Waals surface area contributed by atoms with Crippen LogP contribution in [-0.4, -0.2) is 44.0 Å². The molecule has 0 bridgehead atoms. The van der Waals surface area contributed by atoms with Gasteiger partial charge in [-0.3, -0.25) is 9.79 Å². The number of benzene rings is 2. The Kier molecular flexibility index (Phi) is 8.91. The van der Waals surface area contributed by atoms with Crippen LogP contribution < -0.4 is 10.6 Å². The maximum atomic E-state index is 11.6. The van der Waals surface area contributed by atoms with Crippen molar-refractivity contribution >= 4 is 11.9 Å². The number of carbonyl (C=O) groups excluding carboxylic acids is 1. The van der Waals surface area contributed by atoms with Gasteiger partial charge in [-0.2, -0.15) is 0 Å². The molecule has 0 spiro atoms. The van der Waals surface area contributed by atoms with Crippen LogP contribution in [0, 0.1) is 5.92 Å². The molecule has 1 fully saturated rings. The number of likely N-dealkylation sites (tertiary alicyclic amines) is 1. The van der Waals surface area contributed by atoms with Crippen molar-refractivity contribution in [3.8, 4) is 0 Å². The first-order valence-corrected chi connectivity index (χ1v) is 11.0. The van der Waals surface area contributed by atoms with Crippen LogP contribution in [0.4, 0.5) is 0 Å². The van der Waals surface area contributed by atoms with E-state index in [9.17, 15) is 4.79 Å². The summed E-state index contributed by atoms with van der Waals surface area (Å²) >= 11 is 0. The van der Waals surface area contributed by atoms with Gasteiger partial charge in [0.1, 0.15) is 0 Å². The third kappa shape index (κ3) is 7.40. The van der Waals surface area contributed by atoms with Crippen molar-refractivity contribution in [2.75, 3.05) is 27.2 Å². The van der Waals surface area contributed by atoms with Crippen molar-refractivity contribution in [1.29, 1.82) is 0 Å². The molecule has 6 nitrogen and oxygen atoms in total. The van der Waals surface area contributed by atoms with Crippen molar-refractivity contribution in [1.82, 2.24) is 15.5 Å².